The minimum absolute atomic E-state index is 0.0208. The van der Waals surface area contributed by atoms with E-state index in [0.717, 1.165) is 5.56 Å². The predicted octanol–water partition coefficient (Wildman–Crippen LogP) is 1.53. The van der Waals surface area contributed by atoms with Crippen molar-refractivity contribution in [2.24, 2.45) is 5.92 Å². The van der Waals surface area contributed by atoms with E-state index in [4.69, 9.17) is 9.52 Å². The number of rotatable bonds is 4. The zero-order valence-corrected chi connectivity index (χ0v) is 10.3. The van der Waals surface area contributed by atoms with Crippen molar-refractivity contribution >= 4 is 11.9 Å². The van der Waals surface area contributed by atoms with Gasteiger partial charge in [-0.05, 0) is 31.4 Å². The lowest BCUT2D eigenvalue weighted by Crippen LogP contribution is -2.37. The number of amides is 1. The lowest BCUT2D eigenvalue weighted by molar-refractivity contribution is -0.143. The van der Waals surface area contributed by atoms with E-state index in [2.05, 4.69) is 0 Å². The molecule has 98 valence electrons. The normalized spacial score (nSPS) is 23.3. The lowest BCUT2D eigenvalue weighted by atomic mass is 10.0. The van der Waals surface area contributed by atoms with Crippen LogP contribution in [0.1, 0.15) is 25.3 Å². The number of furan rings is 1. The molecule has 1 fully saturated rings. The van der Waals surface area contributed by atoms with Crippen LogP contribution in [0.15, 0.2) is 23.0 Å². The van der Waals surface area contributed by atoms with E-state index in [1.54, 1.807) is 17.4 Å². The van der Waals surface area contributed by atoms with Crippen molar-refractivity contribution in [2.45, 2.75) is 32.2 Å². The Labute approximate surface area is 105 Å². The second-order valence-electron chi connectivity index (χ2n) is 4.69. The Morgan fingerprint density at radius 3 is 2.89 bits per heavy atom. The Morgan fingerprint density at radius 1 is 1.56 bits per heavy atom. The van der Waals surface area contributed by atoms with E-state index in [1.807, 2.05) is 13.0 Å². The molecule has 0 aliphatic carbocycles. The number of carboxylic acids is 1. The molecule has 1 aliphatic rings. The van der Waals surface area contributed by atoms with Crippen LogP contribution in [0.4, 0.5) is 0 Å². The molecule has 2 unspecified atom stereocenters. The molecule has 2 heterocycles. The third-order valence-electron chi connectivity index (χ3n) is 3.60. The average Bonchev–Trinajstić information content (AvgIpc) is 2.94. The summed E-state index contributed by atoms with van der Waals surface area (Å²) in [5.74, 6) is -1.22. The minimum atomic E-state index is -0.812. The first-order chi connectivity index (χ1) is 8.59. The van der Waals surface area contributed by atoms with Gasteiger partial charge in [-0.1, -0.05) is 0 Å². The van der Waals surface area contributed by atoms with Crippen LogP contribution < -0.4 is 0 Å². The summed E-state index contributed by atoms with van der Waals surface area (Å²) in [6.45, 7) is 2.35. The summed E-state index contributed by atoms with van der Waals surface area (Å²) in [5.41, 5.74) is 0.991. The van der Waals surface area contributed by atoms with E-state index in [9.17, 15) is 9.59 Å². The molecule has 18 heavy (non-hydrogen) atoms. The van der Waals surface area contributed by atoms with Gasteiger partial charge in [0.25, 0.3) is 0 Å². The molecule has 1 amide bonds. The maximum Gasteiger partial charge on any atom is 0.308 e. The van der Waals surface area contributed by atoms with Gasteiger partial charge in [0.1, 0.15) is 0 Å². The average molecular weight is 251 g/mol. The zero-order chi connectivity index (χ0) is 13.1. The first-order valence-corrected chi connectivity index (χ1v) is 6.13. The van der Waals surface area contributed by atoms with Crippen molar-refractivity contribution in [3.8, 4) is 0 Å². The molecule has 5 nitrogen and oxygen atoms in total. The van der Waals surface area contributed by atoms with Gasteiger partial charge in [-0.3, -0.25) is 9.59 Å². The largest absolute Gasteiger partial charge is 0.481 e. The molecule has 0 spiro atoms. The van der Waals surface area contributed by atoms with Crippen LogP contribution in [0.25, 0.3) is 0 Å². The highest BCUT2D eigenvalue weighted by atomic mass is 16.4. The van der Waals surface area contributed by atoms with Crippen molar-refractivity contribution in [3.05, 3.63) is 24.2 Å². The number of hydrogen-bond acceptors (Lipinski definition) is 3. The molecular weight excluding hydrogens is 234 g/mol. The van der Waals surface area contributed by atoms with Gasteiger partial charge in [0.05, 0.1) is 18.4 Å². The lowest BCUT2D eigenvalue weighted by Gasteiger charge is -2.23. The highest BCUT2D eigenvalue weighted by Gasteiger charge is 2.37. The zero-order valence-electron chi connectivity index (χ0n) is 10.3. The van der Waals surface area contributed by atoms with Gasteiger partial charge in [-0.15, -0.1) is 0 Å². The third-order valence-corrected chi connectivity index (χ3v) is 3.60. The molecular formula is C13H17NO4. The molecule has 1 aromatic rings. The van der Waals surface area contributed by atoms with Crippen LogP contribution in [-0.2, 0) is 16.0 Å². The van der Waals surface area contributed by atoms with Crippen LogP contribution in [0.2, 0.25) is 0 Å². The number of likely N-dealkylation sites (tertiary alicyclic amines) is 1. The summed E-state index contributed by atoms with van der Waals surface area (Å²) in [6, 6.07) is 1.63. The van der Waals surface area contributed by atoms with Crippen molar-refractivity contribution in [1.29, 1.82) is 0 Å². The predicted molar refractivity (Wildman–Crippen MR) is 63.9 cm³/mol. The highest BCUT2D eigenvalue weighted by molar-refractivity contribution is 5.79. The monoisotopic (exact) mass is 251 g/mol. The SMILES string of the molecule is CC1C(C(=O)O)CCN1C(=O)CCc1ccoc1. The Hall–Kier alpha value is -1.78. The van der Waals surface area contributed by atoms with Crippen LogP contribution >= 0.6 is 0 Å². The molecule has 1 aromatic heterocycles. The molecule has 0 saturated carbocycles. The third kappa shape index (κ3) is 2.55. The molecule has 5 heteroatoms. The number of hydrogen-bond donors (Lipinski definition) is 1. The van der Waals surface area contributed by atoms with Crippen molar-refractivity contribution < 1.29 is 19.1 Å². The standard InChI is InChI=1S/C13H17NO4/c1-9-11(13(16)17)4-6-14(9)12(15)3-2-10-5-7-18-8-10/h5,7-9,11H,2-4,6H2,1H3,(H,16,17). The van der Waals surface area contributed by atoms with Crippen molar-refractivity contribution in [3.63, 3.8) is 0 Å². The minimum Gasteiger partial charge on any atom is -0.481 e. The maximum atomic E-state index is 12.0. The van der Waals surface area contributed by atoms with Gasteiger partial charge in [-0.2, -0.15) is 0 Å². The molecule has 1 N–H and O–H groups in total. The van der Waals surface area contributed by atoms with Gasteiger partial charge in [0.2, 0.25) is 5.91 Å². The summed E-state index contributed by atoms with van der Waals surface area (Å²) >= 11 is 0. The number of carbonyl (C=O) groups is 2. The quantitative estimate of drug-likeness (QED) is 0.881. The fourth-order valence-electron chi connectivity index (χ4n) is 2.45. The van der Waals surface area contributed by atoms with Crippen LogP contribution in [0.3, 0.4) is 0 Å². The van der Waals surface area contributed by atoms with Crippen molar-refractivity contribution in [1.82, 2.24) is 4.90 Å². The van der Waals surface area contributed by atoms with E-state index >= 15 is 0 Å². The van der Waals surface area contributed by atoms with E-state index in [1.165, 1.54) is 0 Å². The second kappa shape index (κ2) is 5.25. The number of nitrogens with zero attached hydrogens (tertiary/aromatic N) is 1. The van der Waals surface area contributed by atoms with Crippen LogP contribution in [0.5, 0.6) is 0 Å². The smallest absolute Gasteiger partial charge is 0.308 e. The Kier molecular flexibility index (Phi) is 3.69. The summed E-state index contributed by atoms with van der Waals surface area (Å²) in [7, 11) is 0. The first kappa shape index (κ1) is 12.7. The van der Waals surface area contributed by atoms with Gasteiger partial charge < -0.3 is 14.4 Å². The molecule has 2 rings (SSSR count). The van der Waals surface area contributed by atoms with Crippen LogP contribution in [0, 0.1) is 5.92 Å². The number of aryl methyl sites for hydroxylation is 1. The molecule has 0 radical (unpaired) electrons. The van der Waals surface area contributed by atoms with Gasteiger partial charge in [-0.25, -0.2) is 0 Å². The van der Waals surface area contributed by atoms with Crippen LogP contribution in [-0.4, -0.2) is 34.5 Å². The fourth-order valence-corrected chi connectivity index (χ4v) is 2.45. The van der Waals surface area contributed by atoms with Crippen molar-refractivity contribution in [2.75, 3.05) is 6.54 Å². The van der Waals surface area contributed by atoms with E-state index in [-0.39, 0.29) is 11.9 Å². The van der Waals surface area contributed by atoms with Gasteiger partial charge >= 0.3 is 5.97 Å². The van der Waals surface area contributed by atoms with Gasteiger partial charge in [0.15, 0.2) is 0 Å². The summed E-state index contributed by atoms with van der Waals surface area (Å²) in [4.78, 5) is 24.7. The summed E-state index contributed by atoms with van der Waals surface area (Å²) in [6.07, 6.45) is 4.79. The Balaban J connectivity index is 1.88. The molecule has 0 bridgehead atoms. The number of aliphatic carboxylic acids is 1. The summed E-state index contributed by atoms with van der Waals surface area (Å²) in [5, 5.41) is 9.01. The first-order valence-electron chi connectivity index (χ1n) is 6.13. The molecule has 1 aliphatic heterocycles. The Morgan fingerprint density at radius 2 is 2.33 bits per heavy atom. The molecule has 1 saturated heterocycles. The topological polar surface area (TPSA) is 70.8 Å². The van der Waals surface area contributed by atoms with E-state index in [0.29, 0.717) is 25.8 Å². The number of carbonyl (C=O) groups excluding carboxylic acids is 1. The van der Waals surface area contributed by atoms with E-state index < -0.39 is 11.9 Å². The fraction of sp³-hybridized carbons (Fsp3) is 0.538. The maximum absolute atomic E-state index is 12.0. The highest BCUT2D eigenvalue weighted by Crippen LogP contribution is 2.25. The number of carboxylic acid groups (broad SMARTS) is 1. The molecule has 0 aromatic carbocycles. The molecule has 2 atom stereocenters. The summed E-state index contributed by atoms with van der Waals surface area (Å²) < 4.78 is 4.94. The Bertz CT molecular complexity index is 426. The van der Waals surface area contributed by atoms with Gasteiger partial charge in [0, 0.05) is 19.0 Å². The second-order valence-corrected chi connectivity index (χ2v) is 4.69.